The molecule has 78 valence electrons. The van der Waals surface area contributed by atoms with Crippen LogP contribution in [0.4, 0.5) is 0 Å². The molecule has 3 nitrogen and oxygen atoms in total. The molecule has 1 rings (SSSR count). The highest BCUT2D eigenvalue weighted by molar-refractivity contribution is 4.70. The van der Waals surface area contributed by atoms with E-state index in [4.69, 9.17) is 4.74 Å². The zero-order chi connectivity index (χ0) is 9.36. The van der Waals surface area contributed by atoms with E-state index in [0.717, 1.165) is 32.8 Å². The van der Waals surface area contributed by atoms with Crippen LogP contribution in [0.15, 0.2) is 0 Å². The smallest absolute Gasteiger partial charge is 0.0620 e. The second kappa shape index (κ2) is 7.30. The predicted molar refractivity (Wildman–Crippen MR) is 55.0 cm³/mol. The minimum absolute atomic E-state index is 0.572. The zero-order valence-corrected chi connectivity index (χ0v) is 8.64. The largest absolute Gasteiger partial charge is 0.379 e. The van der Waals surface area contributed by atoms with Gasteiger partial charge in [-0.1, -0.05) is 13.3 Å². The fourth-order valence-corrected chi connectivity index (χ4v) is 1.51. The summed E-state index contributed by atoms with van der Waals surface area (Å²) in [5.41, 5.74) is 0. The summed E-state index contributed by atoms with van der Waals surface area (Å²) in [6.45, 7) is 7.26. The summed E-state index contributed by atoms with van der Waals surface area (Å²) in [7, 11) is 0. The molecule has 1 atom stereocenters. The number of unbranched alkanes of at least 4 members (excludes halogenated alkanes) is 1. The van der Waals surface area contributed by atoms with E-state index in [9.17, 15) is 0 Å². The van der Waals surface area contributed by atoms with Gasteiger partial charge in [-0.25, -0.2) is 0 Å². The first-order chi connectivity index (χ1) is 6.43. The predicted octanol–water partition coefficient (Wildman–Crippen LogP) is 0.755. The van der Waals surface area contributed by atoms with Gasteiger partial charge in [0.2, 0.25) is 0 Å². The molecule has 0 spiro atoms. The molecule has 1 aliphatic heterocycles. The minimum atomic E-state index is 0.572. The van der Waals surface area contributed by atoms with E-state index >= 15 is 0 Å². The van der Waals surface area contributed by atoms with E-state index in [2.05, 4.69) is 17.6 Å². The van der Waals surface area contributed by atoms with Gasteiger partial charge in [0.1, 0.15) is 0 Å². The Balaban J connectivity index is 1.86. The van der Waals surface area contributed by atoms with Gasteiger partial charge in [-0.3, -0.25) is 0 Å². The summed E-state index contributed by atoms with van der Waals surface area (Å²) in [6, 6.07) is 0.572. The van der Waals surface area contributed by atoms with Crippen LogP contribution in [0.5, 0.6) is 0 Å². The molecular weight excluding hydrogens is 164 g/mol. The summed E-state index contributed by atoms with van der Waals surface area (Å²) in [6.07, 6.45) is 3.75. The molecule has 0 radical (unpaired) electrons. The van der Waals surface area contributed by atoms with Crippen molar-refractivity contribution in [1.29, 1.82) is 0 Å². The summed E-state index contributed by atoms with van der Waals surface area (Å²) in [5.74, 6) is 0. The maximum atomic E-state index is 5.37. The molecule has 0 aromatic rings. The Morgan fingerprint density at radius 3 is 3.08 bits per heavy atom. The highest BCUT2D eigenvalue weighted by Crippen LogP contribution is 1.96. The van der Waals surface area contributed by atoms with Crippen molar-refractivity contribution >= 4 is 0 Å². The van der Waals surface area contributed by atoms with Gasteiger partial charge in [0, 0.05) is 12.6 Å². The molecule has 3 heteroatoms. The fourth-order valence-electron chi connectivity index (χ4n) is 1.51. The van der Waals surface area contributed by atoms with Crippen molar-refractivity contribution in [3.05, 3.63) is 0 Å². The van der Waals surface area contributed by atoms with Crippen LogP contribution in [-0.2, 0) is 4.74 Å². The van der Waals surface area contributed by atoms with Crippen molar-refractivity contribution in [2.24, 2.45) is 0 Å². The molecule has 0 aliphatic carbocycles. The van der Waals surface area contributed by atoms with E-state index in [1.54, 1.807) is 0 Å². The maximum Gasteiger partial charge on any atom is 0.0620 e. The summed E-state index contributed by atoms with van der Waals surface area (Å²) in [4.78, 5) is 0. The van der Waals surface area contributed by atoms with Gasteiger partial charge in [-0.05, 0) is 25.9 Å². The Labute approximate surface area is 81.2 Å². The van der Waals surface area contributed by atoms with Gasteiger partial charge >= 0.3 is 0 Å². The average Bonchev–Trinajstić information content (AvgIpc) is 2.19. The van der Waals surface area contributed by atoms with E-state index in [1.165, 1.54) is 19.3 Å². The van der Waals surface area contributed by atoms with Crippen LogP contribution in [0.2, 0.25) is 0 Å². The fraction of sp³-hybridized carbons (Fsp3) is 1.00. The molecule has 1 heterocycles. The molecular formula is C10H22N2O. The van der Waals surface area contributed by atoms with Gasteiger partial charge in [-0.2, -0.15) is 0 Å². The van der Waals surface area contributed by atoms with E-state index in [-0.39, 0.29) is 0 Å². The first kappa shape index (κ1) is 11.0. The van der Waals surface area contributed by atoms with Crippen LogP contribution in [0.25, 0.3) is 0 Å². The van der Waals surface area contributed by atoms with E-state index in [0.29, 0.717) is 6.04 Å². The lowest BCUT2D eigenvalue weighted by Crippen LogP contribution is -2.42. The van der Waals surface area contributed by atoms with Gasteiger partial charge in [-0.15, -0.1) is 0 Å². The SMILES string of the molecule is CCCCNCCC1COCCN1. The number of rotatable bonds is 6. The summed E-state index contributed by atoms with van der Waals surface area (Å²) in [5, 5.41) is 6.88. The molecule has 0 saturated carbocycles. The number of hydrogen-bond acceptors (Lipinski definition) is 3. The molecule has 0 amide bonds. The molecule has 0 aromatic heterocycles. The van der Waals surface area contributed by atoms with Crippen molar-refractivity contribution < 1.29 is 4.74 Å². The van der Waals surface area contributed by atoms with Crippen LogP contribution in [0, 0.1) is 0 Å². The van der Waals surface area contributed by atoms with Crippen LogP contribution in [0.3, 0.4) is 0 Å². The molecule has 0 aromatic carbocycles. The first-order valence-corrected chi connectivity index (χ1v) is 5.45. The Kier molecular flexibility index (Phi) is 6.15. The van der Waals surface area contributed by atoms with Gasteiger partial charge in [0.25, 0.3) is 0 Å². The number of nitrogens with one attached hydrogen (secondary N) is 2. The van der Waals surface area contributed by atoms with Crippen molar-refractivity contribution in [2.75, 3.05) is 32.8 Å². The zero-order valence-electron chi connectivity index (χ0n) is 8.64. The monoisotopic (exact) mass is 186 g/mol. The first-order valence-electron chi connectivity index (χ1n) is 5.45. The van der Waals surface area contributed by atoms with Crippen LogP contribution in [-0.4, -0.2) is 38.9 Å². The summed E-state index contributed by atoms with van der Waals surface area (Å²) >= 11 is 0. The van der Waals surface area contributed by atoms with Crippen molar-refractivity contribution in [3.8, 4) is 0 Å². The van der Waals surface area contributed by atoms with Crippen molar-refractivity contribution in [1.82, 2.24) is 10.6 Å². The van der Waals surface area contributed by atoms with Crippen LogP contribution < -0.4 is 10.6 Å². The maximum absolute atomic E-state index is 5.37. The van der Waals surface area contributed by atoms with Gasteiger partial charge < -0.3 is 15.4 Å². The minimum Gasteiger partial charge on any atom is -0.379 e. The Morgan fingerprint density at radius 1 is 1.46 bits per heavy atom. The third-order valence-corrected chi connectivity index (χ3v) is 2.38. The van der Waals surface area contributed by atoms with E-state index in [1.807, 2.05) is 0 Å². The lowest BCUT2D eigenvalue weighted by Gasteiger charge is -2.23. The lowest BCUT2D eigenvalue weighted by atomic mass is 10.2. The number of ether oxygens (including phenoxy) is 1. The molecule has 1 fully saturated rings. The molecule has 0 bridgehead atoms. The third kappa shape index (κ3) is 5.24. The normalized spacial score (nSPS) is 23.3. The topological polar surface area (TPSA) is 33.3 Å². The molecule has 1 unspecified atom stereocenters. The molecule has 1 aliphatic rings. The van der Waals surface area contributed by atoms with Crippen molar-refractivity contribution in [3.63, 3.8) is 0 Å². The highest BCUT2D eigenvalue weighted by atomic mass is 16.5. The summed E-state index contributed by atoms with van der Waals surface area (Å²) < 4.78 is 5.37. The van der Waals surface area contributed by atoms with E-state index < -0.39 is 0 Å². The lowest BCUT2D eigenvalue weighted by molar-refractivity contribution is 0.0743. The Morgan fingerprint density at radius 2 is 2.38 bits per heavy atom. The quantitative estimate of drug-likeness (QED) is 0.601. The standard InChI is InChI=1S/C10H22N2O/c1-2-3-5-11-6-4-10-9-13-8-7-12-10/h10-12H,2-9H2,1H3. The number of hydrogen-bond donors (Lipinski definition) is 2. The second-order valence-corrected chi connectivity index (χ2v) is 3.62. The second-order valence-electron chi connectivity index (χ2n) is 3.62. The van der Waals surface area contributed by atoms with Gasteiger partial charge in [0.05, 0.1) is 13.2 Å². The Bertz CT molecular complexity index is 113. The van der Waals surface area contributed by atoms with Gasteiger partial charge in [0.15, 0.2) is 0 Å². The van der Waals surface area contributed by atoms with Crippen LogP contribution >= 0.6 is 0 Å². The average molecular weight is 186 g/mol. The molecule has 2 N–H and O–H groups in total. The number of morpholine rings is 1. The molecule has 1 saturated heterocycles. The molecule has 13 heavy (non-hydrogen) atoms. The van der Waals surface area contributed by atoms with Crippen LogP contribution in [0.1, 0.15) is 26.2 Å². The highest BCUT2D eigenvalue weighted by Gasteiger charge is 2.11. The third-order valence-electron chi connectivity index (χ3n) is 2.38. The van der Waals surface area contributed by atoms with Crippen molar-refractivity contribution in [2.45, 2.75) is 32.2 Å². The Hall–Kier alpha value is -0.120.